The molecule has 0 aliphatic rings. The number of nitrogens with one attached hydrogen (secondary N) is 1. The second-order valence-corrected chi connectivity index (χ2v) is 5.08. The van der Waals surface area contributed by atoms with E-state index in [9.17, 15) is 4.79 Å². The maximum absolute atomic E-state index is 12.5. The summed E-state index contributed by atoms with van der Waals surface area (Å²) in [5, 5.41) is 2.88. The van der Waals surface area contributed by atoms with Gasteiger partial charge in [0.1, 0.15) is 11.5 Å². The van der Waals surface area contributed by atoms with Crippen molar-refractivity contribution in [2.75, 3.05) is 19.5 Å². The normalized spacial score (nSPS) is 10.2. The molecule has 1 N–H and O–H groups in total. The number of aromatic nitrogens is 2. The molecule has 2 aromatic carbocycles. The topological polar surface area (TPSA) is 65.4 Å². The summed E-state index contributed by atoms with van der Waals surface area (Å²) < 4.78 is 12.3. The highest BCUT2D eigenvalue weighted by Gasteiger charge is 2.10. The van der Waals surface area contributed by atoms with Gasteiger partial charge in [0.25, 0.3) is 5.91 Å². The lowest BCUT2D eigenvalue weighted by Gasteiger charge is -2.10. The lowest BCUT2D eigenvalue weighted by molar-refractivity contribution is 0.102. The van der Waals surface area contributed by atoms with Gasteiger partial charge in [-0.25, -0.2) is 4.98 Å². The Morgan fingerprint density at radius 3 is 2.46 bits per heavy atom. The van der Waals surface area contributed by atoms with Crippen LogP contribution < -0.4 is 14.8 Å². The first-order chi connectivity index (χ1) is 11.7. The number of hydrogen-bond acceptors (Lipinski definition) is 4. The zero-order valence-corrected chi connectivity index (χ0v) is 13.4. The molecule has 0 spiro atoms. The summed E-state index contributed by atoms with van der Waals surface area (Å²) in [4.78, 5) is 16.5. The zero-order valence-electron chi connectivity index (χ0n) is 13.4. The van der Waals surface area contributed by atoms with E-state index in [4.69, 9.17) is 9.47 Å². The first kappa shape index (κ1) is 15.6. The molecule has 1 amide bonds. The van der Waals surface area contributed by atoms with Crippen LogP contribution in [0.4, 0.5) is 5.69 Å². The molecule has 6 heteroatoms. The van der Waals surface area contributed by atoms with Crippen molar-refractivity contribution in [2.45, 2.75) is 0 Å². The molecule has 24 heavy (non-hydrogen) atoms. The second-order valence-electron chi connectivity index (χ2n) is 5.08. The number of ether oxygens (including phenoxy) is 2. The SMILES string of the molecule is COc1cc(OC)cc(C(=O)Nc2cccc(-n3ccnc3)c2)c1. The Hall–Kier alpha value is -3.28. The highest BCUT2D eigenvalue weighted by molar-refractivity contribution is 6.04. The van der Waals surface area contributed by atoms with Crippen molar-refractivity contribution in [3.05, 3.63) is 66.7 Å². The lowest BCUT2D eigenvalue weighted by atomic mass is 10.1. The predicted octanol–water partition coefficient (Wildman–Crippen LogP) is 3.14. The fourth-order valence-electron chi connectivity index (χ4n) is 2.30. The van der Waals surface area contributed by atoms with Crippen molar-refractivity contribution in [3.8, 4) is 17.2 Å². The van der Waals surface area contributed by atoms with Crippen LogP contribution in [0.1, 0.15) is 10.4 Å². The maximum Gasteiger partial charge on any atom is 0.255 e. The minimum atomic E-state index is -0.241. The molecule has 0 unspecified atom stereocenters. The maximum atomic E-state index is 12.5. The summed E-state index contributed by atoms with van der Waals surface area (Å²) in [6.07, 6.45) is 5.25. The fraction of sp³-hybridized carbons (Fsp3) is 0.111. The Morgan fingerprint density at radius 2 is 1.83 bits per heavy atom. The third-order valence-corrected chi connectivity index (χ3v) is 3.52. The Balaban J connectivity index is 1.84. The summed E-state index contributed by atoms with van der Waals surface area (Å²) in [5.74, 6) is 0.883. The molecule has 0 atom stereocenters. The molecule has 0 saturated heterocycles. The predicted molar refractivity (Wildman–Crippen MR) is 91.1 cm³/mol. The van der Waals surface area contributed by atoms with Crippen LogP contribution in [0.2, 0.25) is 0 Å². The number of carbonyl (C=O) groups is 1. The number of carbonyl (C=O) groups excluding carboxylic acids is 1. The van der Waals surface area contributed by atoms with Crippen LogP contribution in [-0.4, -0.2) is 29.7 Å². The standard InChI is InChI=1S/C18H17N3O3/c1-23-16-8-13(9-17(11-16)24-2)18(22)20-14-4-3-5-15(10-14)21-7-6-19-12-21/h3-12H,1-2H3,(H,20,22). The van der Waals surface area contributed by atoms with E-state index in [-0.39, 0.29) is 5.91 Å². The van der Waals surface area contributed by atoms with Crippen molar-refractivity contribution >= 4 is 11.6 Å². The lowest BCUT2D eigenvalue weighted by Crippen LogP contribution is -2.12. The van der Waals surface area contributed by atoms with Gasteiger partial charge in [-0.05, 0) is 30.3 Å². The first-order valence-electron chi connectivity index (χ1n) is 7.32. The molecule has 0 aliphatic heterocycles. The van der Waals surface area contributed by atoms with Gasteiger partial charge in [-0.1, -0.05) is 6.07 Å². The summed E-state index contributed by atoms with van der Waals surface area (Å²) in [7, 11) is 3.09. The minimum absolute atomic E-state index is 0.241. The quantitative estimate of drug-likeness (QED) is 0.783. The average molecular weight is 323 g/mol. The summed E-state index contributed by atoms with van der Waals surface area (Å²) in [6.45, 7) is 0. The van der Waals surface area contributed by atoms with Crippen molar-refractivity contribution in [1.82, 2.24) is 9.55 Å². The van der Waals surface area contributed by atoms with Crippen LogP contribution in [0.5, 0.6) is 11.5 Å². The van der Waals surface area contributed by atoms with Crippen molar-refractivity contribution in [3.63, 3.8) is 0 Å². The van der Waals surface area contributed by atoms with Gasteiger partial charge in [0.15, 0.2) is 0 Å². The number of hydrogen-bond donors (Lipinski definition) is 1. The Morgan fingerprint density at radius 1 is 1.08 bits per heavy atom. The summed E-state index contributed by atoms with van der Waals surface area (Å²) >= 11 is 0. The van der Waals surface area contributed by atoms with Gasteiger partial charge in [-0.2, -0.15) is 0 Å². The zero-order chi connectivity index (χ0) is 16.9. The molecule has 0 aliphatic carbocycles. The van der Waals surface area contributed by atoms with Crippen molar-refractivity contribution in [2.24, 2.45) is 0 Å². The molecule has 0 radical (unpaired) electrons. The number of rotatable bonds is 5. The van der Waals surface area contributed by atoms with Crippen LogP contribution in [0.25, 0.3) is 5.69 Å². The number of benzene rings is 2. The van der Waals surface area contributed by atoms with Gasteiger partial charge in [0.2, 0.25) is 0 Å². The fourth-order valence-corrected chi connectivity index (χ4v) is 2.30. The highest BCUT2D eigenvalue weighted by atomic mass is 16.5. The van der Waals surface area contributed by atoms with E-state index in [1.165, 1.54) is 0 Å². The van der Waals surface area contributed by atoms with E-state index >= 15 is 0 Å². The molecule has 0 saturated carbocycles. The van der Waals surface area contributed by atoms with Gasteiger partial charge in [0.05, 0.1) is 20.5 Å². The molecule has 1 heterocycles. The van der Waals surface area contributed by atoms with E-state index in [2.05, 4.69) is 10.3 Å². The smallest absolute Gasteiger partial charge is 0.255 e. The van der Waals surface area contributed by atoms with Crippen molar-refractivity contribution in [1.29, 1.82) is 0 Å². The van der Waals surface area contributed by atoms with E-state index < -0.39 is 0 Å². The molecule has 3 rings (SSSR count). The molecule has 0 bridgehead atoms. The number of amides is 1. The van der Waals surface area contributed by atoms with Crippen LogP contribution in [0.15, 0.2) is 61.2 Å². The molecule has 0 fully saturated rings. The number of anilines is 1. The molecular weight excluding hydrogens is 306 g/mol. The van der Waals surface area contributed by atoms with E-state index in [0.717, 1.165) is 5.69 Å². The first-order valence-corrected chi connectivity index (χ1v) is 7.32. The molecule has 122 valence electrons. The van der Waals surface area contributed by atoms with E-state index in [1.54, 1.807) is 44.9 Å². The summed E-state index contributed by atoms with van der Waals surface area (Å²) in [5.41, 5.74) is 2.06. The third kappa shape index (κ3) is 3.38. The van der Waals surface area contributed by atoms with E-state index in [0.29, 0.717) is 22.7 Å². The van der Waals surface area contributed by atoms with Crippen molar-refractivity contribution < 1.29 is 14.3 Å². The largest absolute Gasteiger partial charge is 0.497 e. The van der Waals surface area contributed by atoms with Gasteiger partial charge < -0.3 is 19.4 Å². The highest BCUT2D eigenvalue weighted by Crippen LogP contribution is 2.23. The third-order valence-electron chi connectivity index (χ3n) is 3.52. The van der Waals surface area contributed by atoms with Crippen LogP contribution in [-0.2, 0) is 0 Å². The second kappa shape index (κ2) is 6.87. The Bertz CT molecular complexity index is 822. The van der Waals surface area contributed by atoms with Gasteiger partial charge in [-0.15, -0.1) is 0 Å². The Kier molecular flexibility index (Phi) is 4.47. The molecule has 1 aromatic heterocycles. The van der Waals surface area contributed by atoms with Crippen LogP contribution in [0, 0.1) is 0 Å². The molecule has 6 nitrogen and oxygen atoms in total. The minimum Gasteiger partial charge on any atom is -0.497 e. The Labute approximate surface area is 139 Å². The number of imidazole rings is 1. The number of methoxy groups -OCH3 is 2. The van der Waals surface area contributed by atoms with Crippen LogP contribution in [0.3, 0.4) is 0 Å². The number of nitrogens with zero attached hydrogens (tertiary/aromatic N) is 2. The molecular formula is C18H17N3O3. The van der Waals surface area contributed by atoms with Gasteiger partial charge >= 0.3 is 0 Å². The molecule has 3 aromatic rings. The average Bonchev–Trinajstić information content (AvgIpc) is 3.16. The summed E-state index contributed by atoms with van der Waals surface area (Å²) in [6, 6.07) is 12.6. The monoisotopic (exact) mass is 323 g/mol. The van der Waals surface area contributed by atoms with Gasteiger partial charge in [-0.3, -0.25) is 4.79 Å². The van der Waals surface area contributed by atoms with Gasteiger partial charge in [0, 0.05) is 35.4 Å². The van der Waals surface area contributed by atoms with Crippen LogP contribution >= 0.6 is 0 Å². The van der Waals surface area contributed by atoms with E-state index in [1.807, 2.05) is 35.0 Å².